The molecule has 3 aromatic carbocycles. The summed E-state index contributed by atoms with van der Waals surface area (Å²) < 4.78 is 13.0. The summed E-state index contributed by atoms with van der Waals surface area (Å²) in [5, 5.41) is 15.6. The number of benzene rings is 3. The van der Waals surface area contributed by atoms with E-state index in [2.05, 4.69) is 20.8 Å². The molecule has 0 aromatic heterocycles. The minimum Gasteiger partial charge on any atom is -0.325 e. The molecular formula is C23H19FN4O2S. The fraction of sp³-hybridized carbons (Fsp3) is 0.130. The predicted octanol–water partition coefficient (Wildman–Crippen LogP) is 4.32. The number of amidine groups is 1. The van der Waals surface area contributed by atoms with Crippen molar-refractivity contribution >= 4 is 50.9 Å². The van der Waals surface area contributed by atoms with Gasteiger partial charge in [-0.25, -0.2) is 4.39 Å². The Morgan fingerprint density at radius 1 is 1.10 bits per heavy atom. The maximum absolute atomic E-state index is 13.0. The van der Waals surface area contributed by atoms with Crippen LogP contribution >= 0.6 is 11.8 Å². The lowest BCUT2D eigenvalue weighted by molar-refractivity contribution is -0.123. The van der Waals surface area contributed by atoms with Gasteiger partial charge >= 0.3 is 0 Å². The third-order valence-electron chi connectivity index (χ3n) is 4.75. The van der Waals surface area contributed by atoms with Gasteiger partial charge in [0.1, 0.15) is 11.1 Å². The molecule has 6 nitrogen and oxygen atoms in total. The molecule has 0 aliphatic carbocycles. The molecule has 2 N–H and O–H groups in total. The van der Waals surface area contributed by atoms with Gasteiger partial charge in [0.2, 0.25) is 11.8 Å². The number of fused-ring (bicyclic) bond motifs is 1. The number of rotatable bonds is 4. The Morgan fingerprint density at radius 2 is 1.84 bits per heavy atom. The van der Waals surface area contributed by atoms with E-state index in [1.54, 1.807) is 0 Å². The maximum Gasteiger partial charge on any atom is 0.238 e. The van der Waals surface area contributed by atoms with E-state index in [4.69, 9.17) is 0 Å². The normalized spacial score (nSPS) is 18.1. The Kier molecular flexibility index (Phi) is 6.08. The second-order valence-corrected chi connectivity index (χ2v) is 8.16. The number of hydrogen-bond acceptors (Lipinski definition) is 5. The van der Waals surface area contributed by atoms with Crippen LogP contribution in [0.15, 0.2) is 76.9 Å². The van der Waals surface area contributed by atoms with Gasteiger partial charge in [0, 0.05) is 17.7 Å². The number of nitrogens with zero attached hydrogens (tertiary/aromatic N) is 2. The van der Waals surface area contributed by atoms with Crippen LogP contribution in [0.2, 0.25) is 0 Å². The van der Waals surface area contributed by atoms with Crippen molar-refractivity contribution in [1.29, 1.82) is 0 Å². The Bertz CT molecular complexity index is 1200. The third-order valence-corrected chi connectivity index (χ3v) is 5.82. The van der Waals surface area contributed by atoms with Crippen molar-refractivity contribution in [3.8, 4) is 0 Å². The lowest BCUT2D eigenvalue weighted by Crippen LogP contribution is -2.41. The minimum atomic E-state index is -0.661. The Morgan fingerprint density at radius 3 is 2.65 bits per heavy atom. The Labute approximate surface area is 182 Å². The lowest BCUT2D eigenvalue weighted by Gasteiger charge is -2.21. The highest BCUT2D eigenvalue weighted by atomic mass is 32.2. The molecule has 0 unspecified atom stereocenters. The van der Waals surface area contributed by atoms with Gasteiger partial charge in [0.15, 0.2) is 5.17 Å². The van der Waals surface area contributed by atoms with Crippen LogP contribution in [0, 0.1) is 5.82 Å². The highest BCUT2D eigenvalue weighted by Gasteiger charge is 2.30. The summed E-state index contributed by atoms with van der Waals surface area (Å²) >= 11 is 1.13. The van der Waals surface area contributed by atoms with Crippen LogP contribution in [-0.4, -0.2) is 27.9 Å². The molecular weight excluding hydrogens is 415 g/mol. The van der Waals surface area contributed by atoms with Crippen molar-refractivity contribution in [3.63, 3.8) is 0 Å². The molecule has 0 spiro atoms. The summed E-state index contributed by atoms with van der Waals surface area (Å²) in [5.41, 5.74) is 2.10. The van der Waals surface area contributed by atoms with Crippen LogP contribution in [-0.2, 0) is 9.59 Å². The average molecular weight is 434 g/mol. The van der Waals surface area contributed by atoms with E-state index in [0.717, 1.165) is 28.1 Å². The largest absolute Gasteiger partial charge is 0.325 e. The summed E-state index contributed by atoms with van der Waals surface area (Å²) in [6.45, 7) is 1.85. The molecule has 0 saturated carbocycles. The van der Waals surface area contributed by atoms with Gasteiger partial charge in [0.05, 0.1) is 5.71 Å². The molecule has 2 amide bonds. The monoisotopic (exact) mass is 434 g/mol. The first-order chi connectivity index (χ1) is 15.0. The Hall–Kier alpha value is -3.52. The van der Waals surface area contributed by atoms with Crippen molar-refractivity contribution in [2.24, 2.45) is 10.2 Å². The van der Waals surface area contributed by atoms with Gasteiger partial charge in [-0.05, 0) is 42.0 Å². The minimum absolute atomic E-state index is 0.0166. The summed E-state index contributed by atoms with van der Waals surface area (Å²) in [7, 11) is 0. The highest BCUT2D eigenvalue weighted by molar-refractivity contribution is 8.15. The number of anilines is 1. The first kappa shape index (κ1) is 20.7. The number of halogens is 1. The number of amides is 2. The van der Waals surface area contributed by atoms with E-state index in [9.17, 15) is 14.0 Å². The van der Waals surface area contributed by atoms with E-state index in [0.29, 0.717) is 11.4 Å². The molecule has 0 bridgehead atoms. The molecule has 4 rings (SSSR count). The fourth-order valence-corrected chi connectivity index (χ4v) is 4.14. The standard InChI is InChI=1S/C23H19FN4O2S/c1-14(18-8-4-6-15-5-2-3-7-19(15)18)27-28-23-26-21(29)13-20(31-23)22(30)25-17-11-9-16(24)10-12-17/h2-12,20H,13H2,1H3,(H,25,30)(H,26,28,29)/t20-/m0/s1. The molecule has 8 heteroatoms. The van der Waals surface area contributed by atoms with E-state index in [-0.39, 0.29) is 23.4 Å². The summed E-state index contributed by atoms with van der Waals surface area (Å²) in [6.07, 6.45) is 0.0166. The van der Waals surface area contributed by atoms with Crippen molar-refractivity contribution in [3.05, 3.63) is 78.1 Å². The van der Waals surface area contributed by atoms with Crippen LogP contribution in [0.3, 0.4) is 0 Å². The second-order valence-electron chi connectivity index (χ2n) is 6.97. The molecule has 1 atom stereocenters. The molecule has 1 aliphatic heterocycles. The first-order valence-electron chi connectivity index (χ1n) is 9.63. The zero-order valence-electron chi connectivity index (χ0n) is 16.6. The van der Waals surface area contributed by atoms with Gasteiger partial charge in [-0.3, -0.25) is 9.59 Å². The first-order valence-corrected chi connectivity index (χ1v) is 10.5. The SMILES string of the molecule is CC(=NN=C1NC(=O)C[C@@H](C(=O)Nc2ccc(F)cc2)S1)c1cccc2ccccc12. The highest BCUT2D eigenvalue weighted by Crippen LogP contribution is 2.23. The zero-order valence-corrected chi connectivity index (χ0v) is 17.4. The molecule has 0 radical (unpaired) electrons. The van der Waals surface area contributed by atoms with Gasteiger partial charge in [0.25, 0.3) is 0 Å². The molecule has 31 heavy (non-hydrogen) atoms. The zero-order chi connectivity index (χ0) is 21.8. The summed E-state index contributed by atoms with van der Waals surface area (Å²) in [5.74, 6) is -1.05. The van der Waals surface area contributed by atoms with Crippen LogP contribution < -0.4 is 10.6 Å². The van der Waals surface area contributed by atoms with Crippen LogP contribution in [0.25, 0.3) is 10.8 Å². The van der Waals surface area contributed by atoms with E-state index < -0.39 is 11.1 Å². The number of hydrogen-bond donors (Lipinski definition) is 2. The maximum atomic E-state index is 13.0. The smallest absolute Gasteiger partial charge is 0.238 e. The van der Waals surface area contributed by atoms with Gasteiger partial charge in [-0.15, -0.1) is 5.10 Å². The van der Waals surface area contributed by atoms with Crippen LogP contribution in [0.1, 0.15) is 18.9 Å². The second kappa shape index (κ2) is 9.09. The van der Waals surface area contributed by atoms with E-state index >= 15 is 0 Å². The summed E-state index contributed by atoms with van der Waals surface area (Å²) in [4.78, 5) is 24.6. The molecule has 1 saturated heterocycles. The van der Waals surface area contributed by atoms with Crippen LogP contribution in [0.5, 0.6) is 0 Å². The van der Waals surface area contributed by atoms with E-state index in [1.807, 2.05) is 49.4 Å². The van der Waals surface area contributed by atoms with Gasteiger partial charge in [-0.1, -0.05) is 54.2 Å². The van der Waals surface area contributed by atoms with Crippen molar-refractivity contribution in [2.75, 3.05) is 5.32 Å². The fourth-order valence-electron chi connectivity index (χ4n) is 3.21. The topological polar surface area (TPSA) is 82.9 Å². The Balaban J connectivity index is 1.51. The molecule has 1 aliphatic rings. The quantitative estimate of drug-likeness (QED) is 0.474. The summed E-state index contributed by atoms with van der Waals surface area (Å²) in [6, 6.07) is 19.4. The van der Waals surface area contributed by atoms with Crippen molar-refractivity contribution in [2.45, 2.75) is 18.6 Å². The lowest BCUT2D eigenvalue weighted by atomic mass is 10.0. The molecule has 3 aromatic rings. The van der Waals surface area contributed by atoms with Gasteiger partial charge < -0.3 is 10.6 Å². The van der Waals surface area contributed by atoms with Crippen LogP contribution in [0.4, 0.5) is 10.1 Å². The van der Waals surface area contributed by atoms with Gasteiger partial charge in [-0.2, -0.15) is 5.10 Å². The predicted molar refractivity (Wildman–Crippen MR) is 123 cm³/mol. The number of thioether (sulfide) groups is 1. The third kappa shape index (κ3) is 4.97. The molecule has 1 fully saturated rings. The number of carbonyl (C=O) groups is 2. The number of nitrogens with one attached hydrogen (secondary N) is 2. The van der Waals surface area contributed by atoms with Crippen molar-refractivity contribution in [1.82, 2.24) is 5.32 Å². The molecule has 1 heterocycles. The molecule has 156 valence electrons. The average Bonchev–Trinajstić information content (AvgIpc) is 2.78. The van der Waals surface area contributed by atoms with Crippen molar-refractivity contribution < 1.29 is 14.0 Å². The van der Waals surface area contributed by atoms with E-state index in [1.165, 1.54) is 24.3 Å². The number of carbonyl (C=O) groups excluding carboxylic acids is 2.